The lowest BCUT2D eigenvalue weighted by molar-refractivity contribution is -0.134. The van der Waals surface area contributed by atoms with E-state index in [-0.39, 0.29) is 5.92 Å². The number of amides is 1. The van der Waals surface area contributed by atoms with Crippen LogP contribution in [0.4, 0.5) is 0 Å². The first-order valence-electron chi connectivity index (χ1n) is 5.11. The summed E-state index contributed by atoms with van der Waals surface area (Å²) in [5, 5.41) is 10.8. The highest BCUT2D eigenvalue weighted by atomic mass is 32.2. The van der Waals surface area contributed by atoms with Gasteiger partial charge in [0.2, 0.25) is 15.9 Å². The topological polar surface area (TPSA) is 113 Å². The van der Waals surface area contributed by atoms with Gasteiger partial charge in [-0.25, -0.2) is 13.1 Å². The van der Waals surface area contributed by atoms with Gasteiger partial charge in [-0.1, -0.05) is 13.8 Å². The van der Waals surface area contributed by atoms with Crippen LogP contribution >= 0.6 is 0 Å². The highest BCUT2D eigenvalue weighted by Crippen LogP contribution is 2.06. The minimum atomic E-state index is -3.99. The van der Waals surface area contributed by atoms with Crippen molar-refractivity contribution in [2.24, 2.45) is 5.92 Å². The Bertz CT molecular complexity index is 377. The molecule has 0 spiro atoms. The smallest absolute Gasteiger partial charge is 0.320 e. The van der Waals surface area contributed by atoms with Gasteiger partial charge in [0.15, 0.2) is 5.75 Å². The van der Waals surface area contributed by atoms with Crippen LogP contribution in [-0.4, -0.2) is 44.2 Å². The molecule has 1 amide bonds. The molecule has 0 saturated heterocycles. The molecule has 0 aromatic heterocycles. The highest BCUT2D eigenvalue weighted by molar-refractivity contribution is 7.90. The van der Waals surface area contributed by atoms with Gasteiger partial charge in [-0.3, -0.25) is 9.59 Å². The van der Waals surface area contributed by atoms with Gasteiger partial charge in [-0.05, 0) is 12.3 Å². The molecule has 7 nitrogen and oxygen atoms in total. The van der Waals surface area contributed by atoms with Crippen LogP contribution in [-0.2, 0) is 19.6 Å². The summed E-state index contributed by atoms with van der Waals surface area (Å²) in [6, 6.07) is -0.940. The molecule has 100 valence electrons. The van der Waals surface area contributed by atoms with E-state index < -0.39 is 33.7 Å². The van der Waals surface area contributed by atoms with Crippen LogP contribution in [0.25, 0.3) is 0 Å². The number of hydrogen-bond donors (Lipinski definition) is 3. The molecule has 0 heterocycles. The molecule has 17 heavy (non-hydrogen) atoms. The molecule has 0 aliphatic carbocycles. The molecule has 0 aromatic rings. The van der Waals surface area contributed by atoms with Crippen molar-refractivity contribution in [2.75, 3.05) is 12.8 Å². The summed E-state index contributed by atoms with van der Waals surface area (Å²) in [6.45, 7) is 3.67. The lowest BCUT2D eigenvalue weighted by Crippen LogP contribution is -2.47. The lowest BCUT2D eigenvalue weighted by Gasteiger charge is -2.18. The lowest BCUT2D eigenvalue weighted by atomic mass is 10.0. The molecule has 0 bridgehead atoms. The van der Waals surface area contributed by atoms with Gasteiger partial charge in [0.25, 0.3) is 0 Å². The number of aliphatic carboxylic acids is 1. The molecule has 0 aliphatic heterocycles. The molecule has 1 atom stereocenters. The quantitative estimate of drug-likeness (QED) is 0.555. The van der Waals surface area contributed by atoms with Crippen molar-refractivity contribution in [1.29, 1.82) is 0 Å². The molecule has 0 fully saturated rings. The summed E-state index contributed by atoms with van der Waals surface area (Å²) < 4.78 is 24.8. The van der Waals surface area contributed by atoms with Crippen molar-refractivity contribution >= 4 is 21.9 Å². The number of carboxylic acid groups (broad SMARTS) is 1. The van der Waals surface area contributed by atoms with Gasteiger partial charge in [0.1, 0.15) is 6.04 Å². The fraction of sp³-hybridized carbons (Fsp3) is 0.778. The second kappa shape index (κ2) is 6.55. The van der Waals surface area contributed by atoms with Gasteiger partial charge in [0, 0.05) is 7.05 Å². The van der Waals surface area contributed by atoms with Gasteiger partial charge in [-0.15, -0.1) is 0 Å². The average Bonchev–Trinajstić information content (AvgIpc) is 2.12. The van der Waals surface area contributed by atoms with E-state index >= 15 is 0 Å². The summed E-state index contributed by atoms with van der Waals surface area (Å²) in [5.74, 6) is -2.88. The van der Waals surface area contributed by atoms with Crippen molar-refractivity contribution in [3.8, 4) is 0 Å². The predicted octanol–water partition coefficient (Wildman–Crippen LogP) is -0.849. The molecule has 0 aliphatic rings. The first kappa shape index (κ1) is 15.9. The van der Waals surface area contributed by atoms with Crippen LogP contribution in [0.1, 0.15) is 20.3 Å². The van der Waals surface area contributed by atoms with E-state index in [4.69, 9.17) is 5.11 Å². The molecule has 0 aromatic carbocycles. The van der Waals surface area contributed by atoms with Crippen LogP contribution in [0.5, 0.6) is 0 Å². The van der Waals surface area contributed by atoms with Gasteiger partial charge < -0.3 is 10.4 Å². The zero-order valence-corrected chi connectivity index (χ0v) is 10.9. The minimum absolute atomic E-state index is 0.102. The Morgan fingerprint density at radius 2 is 1.82 bits per heavy atom. The van der Waals surface area contributed by atoms with Crippen LogP contribution < -0.4 is 10.0 Å². The summed E-state index contributed by atoms with van der Waals surface area (Å²) in [5.41, 5.74) is 0. The van der Waals surface area contributed by atoms with Crippen molar-refractivity contribution < 1.29 is 23.1 Å². The monoisotopic (exact) mass is 266 g/mol. The summed E-state index contributed by atoms with van der Waals surface area (Å²) in [4.78, 5) is 21.8. The number of hydrogen-bond acceptors (Lipinski definition) is 4. The highest BCUT2D eigenvalue weighted by Gasteiger charge is 2.26. The zero-order valence-electron chi connectivity index (χ0n) is 10.1. The predicted molar refractivity (Wildman–Crippen MR) is 61.9 cm³/mol. The number of carboxylic acids is 1. The third kappa shape index (κ3) is 6.90. The second-order valence-electron chi connectivity index (χ2n) is 4.07. The Hall–Kier alpha value is -1.15. The number of sulfonamides is 1. The Morgan fingerprint density at radius 1 is 1.29 bits per heavy atom. The van der Waals surface area contributed by atoms with Crippen molar-refractivity contribution in [3.05, 3.63) is 0 Å². The Labute approximate surface area is 101 Å². The van der Waals surface area contributed by atoms with E-state index in [9.17, 15) is 18.0 Å². The third-order valence-electron chi connectivity index (χ3n) is 1.91. The molecule has 0 saturated carbocycles. The van der Waals surface area contributed by atoms with E-state index in [1.54, 1.807) is 0 Å². The molecular formula is C9H18N2O5S. The van der Waals surface area contributed by atoms with Crippen LogP contribution in [0.15, 0.2) is 0 Å². The fourth-order valence-corrected chi connectivity index (χ4v) is 2.32. The average molecular weight is 266 g/mol. The fourth-order valence-electron chi connectivity index (χ4n) is 1.28. The Balaban J connectivity index is 4.74. The maximum absolute atomic E-state index is 11.4. The van der Waals surface area contributed by atoms with Gasteiger partial charge in [-0.2, -0.15) is 0 Å². The van der Waals surface area contributed by atoms with Crippen molar-refractivity contribution in [3.63, 3.8) is 0 Å². The van der Waals surface area contributed by atoms with Crippen LogP contribution in [0.3, 0.4) is 0 Å². The summed E-state index contributed by atoms with van der Waals surface area (Å²) in [7, 11) is -2.60. The van der Waals surface area contributed by atoms with E-state index in [0.29, 0.717) is 6.42 Å². The number of nitrogens with one attached hydrogen (secondary N) is 2. The Morgan fingerprint density at radius 3 is 2.18 bits per heavy atom. The molecule has 1 unspecified atom stereocenters. The van der Waals surface area contributed by atoms with E-state index in [0.717, 1.165) is 0 Å². The summed E-state index contributed by atoms with van der Waals surface area (Å²) >= 11 is 0. The maximum atomic E-state index is 11.4. The molecule has 0 rings (SSSR count). The third-order valence-corrected chi connectivity index (χ3v) is 3.18. The van der Waals surface area contributed by atoms with Crippen LogP contribution in [0, 0.1) is 5.92 Å². The van der Waals surface area contributed by atoms with Gasteiger partial charge >= 0.3 is 5.97 Å². The van der Waals surface area contributed by atoms with Crippen molar-refractivity contribution in [1.82, 2.24) is 10.0 Å². The molecular weight excluding hydrogens is 248 g/mol. The molecule has 0 radical (unpaired) electrons. The second-order valence-corrected chi connectivity index (χ2v) is 5.82. The first-order chi connectivity index (χ1) is 7.68. The van der Waals surface area contributed by atoms with E-state index in [1.807, 2.05) is 13.8 Å². The minimum Gasteiger partial charge on any atom is -0.480 e. The molecule has 8 heteroatoms. The first-order valence-corrected chi connectivity index (χ1v) is 6.76. The van der Waals surface area contributed by atoms with Crippen molar-refractivity contribution in [2.45, 2.75) is 26.3 Å². The van der Waals surface area contributed by atoms with Crippen LogP contribution in [0.2, 0.25) is 0 Å². The SMILES string of the molecule is CNC(=O)C(CC(C)C)NS(=O)(=O)CC(=O)O. The van der Waals surface area contributed by atoms with Gasteiger partial charge in [0.05, 0.1) is 0 Å². The maximum Gasteiger partial charge on any atom is 0.320 e. The number of likely N-dealkylation sites (N-methyl/N-ethyl adjacent to an activating group) is 1. The number of carbonyl (C=O) groups excluding carboxylic acids is 1. The number of rotatable bonds is 7. The molecule has 3 N–H and O–H groups in total. The normalized spacial score (nSPS) is 13.4. The van der Waals surface area contributed by atoms with E-state index in [2.05, 4.69) is 10.0 Å². The zero-order chi connectivity index (χ0) is 13.6. The Kier molecular flexibility index (Phi) is 6.11. The summed E-state index contributed by atoms with van der Waals surface area (Å²) in [6.07, 6.45) is 0.304. The van der Waals surface area contributed by atoms with E-state index in [1.165, 1.54) is 7.05 Å². The largest absolute Gasteiger partial charge is 0.480 e. The standard InChI is InChI=1S/C9H18N2O5S/c1-6(2)4-7(9(14)10-3)11-17(15,16)5-8(12)13/h6-7,11H,4-5H2,1-3H3,(H,10,14)(H,12,13). The number of carbonyl (C=O) groups is 2.